The molecule has 20 heavy (non-hydrogen) atoms. The fourth-order valence-electron chi connectivity index (χ4n) is 1.82. The summed E-state index contributed by atoms with van der Waals surface area (Å²) in [7, 11) is 1.42. The molecule has 0 saturated carbocycles. The number of ether oxygens (including phenoxy) is 1. The molecule has 2 rings (SSSR count). The van der Waals surface area contributed by atoms with Crippen molar-refractivity contribution in [3.05, 3.63) is 47.7 Å². The first-order chi connectivity index (χ1) is 9.47. The summed E-state index contributed by atoms with van der Waals surface area (Å²) < 4.78 is 43.2. The summed E-state index contributed by atoms with van der Waals surface area (Å²) in [4.78, 5) is 3.97. The maximum absolute atomic E-state index is 12.7. The molecule has 0 spiro atoms. The molecular weight excluding hydrogens is 269 g/mol. The SMILES string of the molecule is COc1ncccc1-c1ccc(C(F)(F)F)c(C#N)c1. The normalized spacial score (nSPS) is 10.9. The van der Waals surface area contributed by atoms with Crippen molar-refractivity contribution in [2.75, 3.05) is 7.11 Å². The average Bonchev–Trinajstić information content (AvgIpc) is 2.45. The number of pyridine rings is 1. The van der Waals surface area contributed by atoms with Crippen LogP contribution in [0.25, 0.3) is 11.1 Å². The van der Waals surface area contributed by atoms with Gasteiger partial charge < -0.3 is 4.74 Å². The minimum absolute atomic E-state index is 0.288. The molecule has 3 nitrogen and oxygen atoms in total. The Morgan fingerprint density at radius 1 is 1.25 bits per heavy atom. The van der Waals surface area contributed by atoms with Crippen molar-refractivity contribution in [2.45, 2.75) is 6.18 Å². The van der Waals surface area contributed by atoms with E-state index in [4.69, 9.17) is 10.00 Å². The minimum Gasteiger partial charge on any atom is -0.481 e. The Hall–Kier alpha value is -2.55. The highest BCUT2D eigenvalue weighted by molar-refractivity contribution is 5.70. The van der Waals surface area contributed by atoms with Crippen LogP contribution in [0.5, 0.6) is 5.88 Å². The average molecular weight is 278 g/mol. The predicted octanol–water partition coefficient (Wildman–Crippen LogP) is 3.65. The van der Waals surface area contributed by atoms with Crippen LogP contribution in [0.1, 0.15) is 11.1 Å². The van der Waals surface area contributed by atoms with Crippen molar-refractivity contribution in [1.82, 2.24) is 4.98 Å². The van der Waals surface area contributed by atoms with E-state index in [1.54, 1.807) is 18.2 Å². The van der Waals surface area contributed by atoms with E-state index < -0.39 is 17.3 Å². The van der Waals surface area contributed by atoms with Gasteiger partial charge in [-0.25, -0.2) is 4.98 Å². The van der Waals surface area contributed by atoms with Gasteiger partial charge in [0.05, 0.1) is 24.3 Å². The third-order valence-electron chi connectivity index (χ3n) is 2.72. The molecule has 0 bridgehead atoms. The molecule has 6 heteroatoms. The van der Waals surface area contributed by atoms with E-state index in [1.807, 2.05) is 0 Å². The van der Waals surface area contributed by atoms with Gasteiger partial charge in [0.1, 0.15) is 0 Å². The second-order valence-electron chi connectivity index (χ2n) is 3.93. The molecule has 2 aromatic rings. The Morgan fingerprint density at radius 2 is 2.00 bits per heavy atom. The highest BCUT2D eigenvalue weighted by Crippen LogP contribution is 2.35. The van der Waals surface area contributed by atoms with E-state index >= 15 is 0 Å². The molecular formula is C14H9F3N2O. The van der Waals surface area contributed by atoms with Gasteiger partial charge >= 0.3 is 6.18 Å². The summed E-state index contributed by atoms with van der Waals surface area (Å²) in [5.74, 6) is 0.288. The maximum Gasteiger partial charge on any atom is 0.417 e. The number of benzene rings is 1. The number of rotatable bonds is 2. The molecule has 1 aromatic heterocycles. The second-order valence-corrected chi connectivity index (χ2v) is 3.93. The maximum atomic E-state index is 12.7. The first-order valence-electron chi connectivity index (χ1n) is 5.58. The summed E-state index contributed by atoms with van der Waals surface area (Å²) in [6.07, 6.45) is -3.04. The van der Waals surface area contributed by atoms with Gasteiger partial charge in [0.2, 0.25) is 5.88 Å². The van der Waals surface area contributed by atoms with Crippen LogP contribution in [0.3, 0.4) is 0 Å². The standard InChI is InChI=1S/C14H9F3N2O/c1-20-13-11(3-2-6-19-13)9-4-5-12(14(15,16)17)10(7-9)8-18/h2-7H,1H3. The lowest BCUT2D eigenvalue weighted by molar-refractivity contribution is -0.137. The second kappa shape index (κ2) is 5.21. The number of hydrogen-bond donors (Lipinski definition) is 0. The molecule has 0 amide bonds. The minimum atomic E-state index is -4.55. The molecule has 0 aliphatic heterocycles. The third kappa shape index (κ3) is 2.57. The van der Waals surface area contributed by atoms with E-state index in [0.29, 0.717) is 11.1 Å². The zero-order chi connectivity index (χ0) is 14.8. The van der Waals surface area contributed by atoms with Crippen molar-refractivity contribution >= 4 is 0 Å². The van der Waals surface area contributed by atoms with Gasteiger partial charge in [0, 0.05) is 11.8 Å². The largest absolute Gasteiger partial charge is 0.481 e. The third-order valence-corrected chi connectivity index (χ3v) is 2.72. The molecule has 0 fully saturated rings. The lowest BCUT2D eigenvalue weighted by Crippen LogP contribution is -2.07. The molecule has 1 aromatic carbocycles. The van der Waals surface area contributed by atoms with Gasteiger partial charge in [-0.15, -0.1) is 0 Å². The van der Waals surface area contributed by atoms with Crippen molar-refractivity contribution in [3.63, 3.8) is 0 Å². The molecule has 102 valence electrons. The van der Waals surface area contributed by atoms with Crippen LogP contribution in [-0.2, 0) is 6.18 Å². The number of aromatic nitrogens is 1. The monoisotopic (exact) mass is 278 g/mol. The van der Waals surface area contributed by atoms with E-state index in [1.165, 1.54) is 25.4 Å². The zero-order valence-electron chi connectivity index (χ0n) is 10.4. The fourth-order valence-corrected chi connectivity index (χ4v) is 1.82. The molecule has 0 aliphatic carbocycles. The van der Waals surface area contributed by atoms with Crippen molar-refractivity contribution < 1.29 is 17.9 Å². The Kier molecular flexibility index (Phi) is 3.61. The molecule has 0 unspecified atom stereocenters. The Morgan fingerprint density at radius 3 is 2.60 bits per heavy atom. The van der Waals surface area contributed by atoms with Gasteiger partial charge in [0.15, 0.2) is 0 Å². The fraction of sp³-hybridized carbons (Fsp3) is 0.143. The van der Waals surface area contributed by atoms with Crippen LogP contribution in [0, 0.1) is 11.3 Å². The highest BCUT2D eigenvalue weighted by Gasteiger charge is 2.33. The van der Waals surface area contributed by atoms with Crippen molar-refractivity contribution in [1.29, 1.82) is 5.26 Å². The van der Waals surface area contributed by atoms with Crippen molar-refractivity contribution in [3.8, 4) is 23.1 Å². The predicted molar refractivity (Wildman–Crippen MR) is 65.9 cm³/mol. The topological polar surface area (TPSA) is 45.9 Å². The molecule has 0 saturated heterocycles. The van der Waals surface area contributed by atoms with E-state index in [-0.39, 0.29) is 5.88 Å². The number of nitriles is 1. The summed E-state index contributed by atoms with van der Waals surface area (Å²) >= 11 is 0. The number of nitrogens with zero attached hydrogens (tertiary/aromatic N) is 2. The van der Waals surface area contributed by atoms with Crippen LogP contribution in [-0.4, -0.2) is 12.1 Å². The molecule has 0 N–H and O–H groups in total. The van der Waals surface area contributed by atoms with Crippen LogP contribution < -0.4 is 4.74 Å². The number of alkyl halides is 3. The molecule has 1 heterocycles. The van der Waals surface area contributed by atoms with Gasteiger partial charge in [-0.2, -0.15) is 18.4 Å². The Bertz CT molecular complexity index is 675. The van der Waals surface area contributed by atoms with E-state index in [2.05, 4.69) is 4.98 Å². The van der Waals surface area contributed by atoms with Crippen LogP contribution in [0.15, 0.2) is 36.5 Å². The summed E-state index contributed by atoms with van der Waals surface area (Å²) in [6.45, 7) is 0. The smallest absolute Gasteiger partial charge is 0.417 e. The van der Waals surface area contributed by atoms with Gasteiger partial charge in [-0.05, 0) is 29.8 Å². The van der Waals surface area contributed by atoms with Crippen molar-refractivity contribution in [2.24, 2.45) is 0 Å². The number of hydrogen-bond acceptors (Lipinski definition) is 3. The summed E-state index contributed by atoms with van der Waals surface area (Å²) in [5, 5.41) is 8.88. The van der Waals surface area contributed by atoms with E-state index in [0.717, 1.165) is 6.07 Å². The van der Waals surface area contributed by atoms with E-state index in [9.17, 15) is 13.2 Å². The Labute approximate surface area is 113 Å². The molecule has 0 atom stereocenters. The summed E-state index contributed by atoms with van der Waals surface area (Å²) in [6, 6.07) is 8.24. The molecule has 0 radical (unpaired) electrons. The van der Waals surface area contributed by atoms with Gasteiger partial charge in [-0.3, -0.25) is 0 Å². The number of halogens is 3. The van der Waals surface area contributed by atoms with Crippen LogP contribution >= 0.6 is 0 Å². The van der Waals surface area contributed by atoms with Gasteiger partial charge in [0.25, 0.3) is 0 Å². The zero-order valence-corrected chi connectivity index (χ0v) is 10.4. The highest BCUT2D eigenvalue weighted by atomic mass is 19.4. The molecule has 0 aliphatic rings. The van der Waals surface area contributed by atoms with Gasteiger partial charge in [-0.1, -0.05) is 6.07 Å². The first kappa shape index (κ1) is 13.9. The number of methoxy groups -OCH3 is 1. The lowest BCUT2D eigenvalue weighted by atomic mass is 10.00. The van der Waals surface area contributed by atoms with Crippen LogP contribution in [0.2, 0.25) is 0 Å². The lowest BCUT2D eigenvalue weighted by Gasteiger charge is -2.11. The first-order valence-corrected chi connectivity index (χ1v) is 5.58. The quantitative estimate of drug-likeness (QED) is 0.842. The van der Waals surface area contributed by atoms with Crippen LogP contribution in [0.4, 0.5) is 13.2 Å². The Balaban J connectivity index is 2.59. The summed E-state index contributed by atoms with van der Waals surface area (Å²) in [5.41, 5.74) is -0.410.